The van der Waals surface area contributed by atoms with E-state index in [9.17, 15) is 8.42 Å². The Morgan fingerprint density at radius 2 is 2.05 bits per heavy atom. The van der Waals surface area contributed by atoms with Gasteiger partial charge in [0.1, 0.15) is 4.21 Å². The number of hydrogen-bond acceptors (Lipinski definition) is 4. The average Bonchev–Trinajstić information content (AvgIpc) is 2.87. The molecule has 0 saturated carbocycles. The molecule has 0 aliphatic heterocycles. The van der Waals surface area contributed by atoms with Crippen molar-refractivity contribution in [3.05, 3.63) is 36.8 Å². The molecule has 0 aliphatic rings. The molecule has 2 heterocycles. The molecule has 2 rings (SSSR count). The van der Waals surface area contributed by atoms with Crippen LogP contribution in [0.5, 0.6) is 0 Å². The van der Waals surface area contributed by atoms with Gasteiger partial charge in [-0.05, 0) is 46.6 Å². The van der Waals surface area contributed by atoms with Crippen molar-refractivity contribution in [1.29, 1.82) is 0 Å². The summed E-state index contributed by atoms with van der Waals surface area (Å²) in [6, 6.07) is 5.30. The van der Waals surface area contributed by atoms with E-state index in [0.717, 1.165) is 14.2 Å². The molecule has 0 bridgehead atoms. The van der Waals surface area contributed by atoms with Gasteiger partial charge in [0.15, 0.2) is 0 Å². The van der Waals surface area contributed by atoms with Crippen LogP contribution < -0.4 is 0 Å². The average molecular weight is 401 g/mol. The van der Waals surface area contributed by atoms with Crippen LogP contribution in [0.1, 0.15) is 10.4 Å². The Morgan fingerprint density at radius 3 is 2.53 bits per heavy atom. The van der Waals surface area contributed by atoms with Crippen molar-refractivity contribution in [2.75, 3.05) is 7.05 Å². The molecule has 0 radical (unpaired) electrons. The summed E-state index contributed by atoms with van der Waals surface area (Å²) in [4.78, 5) is 0.920. The van der Waals surface area contributed by atoms with Crippen molar-refractivity contribution < 1.29 is 8.42 Å². The lowest BCUT2D eigenvalue weighted by Gasteiger charge is -2.14. The van der Waals surface area contributed by atoms with Crippen molar-refractivity contribution in [3.8, 4) is 0 Å². The molecule has 0 saturated heterocycles. The number of thiophene rings is 2. The van der Waals surface area contributed by atoms with Crippen LogP contribution in [-0.4, -0.2) is 19.8 Å². The maximum atomic E-state index is 12.4. The van der Waals surface area contributed by atoms with E-state index in [2.05, 4.69) is 15.9 Å². The Hall–Kier alpha value is 0.0800. The first-order valence-corrected chi connectivity index (χ1v) is 9.51. The largest absolute Gasteiger partial charge is 0.252 e. The third-order valence-electron chi connectivity index (χ3n) is 2.51. The molecular weight excluding hydrogens is 390 g/mol. The van der Waals surface area contributed by atoms with Crippen LogP contribution in [0.3, 0.4) is 0 Å². The lowest BCUT2D eigenvalue weighted by Crippen LogP contribution is -2.25. The van der Waals surface area contributed by atoms with E-state index in [4.69, 9.17) is 11.6 Å². The number of halogens is 2. The zero-order valence-corrected chi connectivity index (χ0v) is 15.0. The number of aryl methyl sites for hydroxylation is 1. The third kappa shape index (κ3) is 3.40. The maximum Gasteiger partial charge on any atom is 0.252 e. The van der Waals surface area contributed by atoms with E-state index in [1.54, 1.807) is 19.2 Å². The fraction of sp³-hybridized carbons (Fsp3) is 0.273. The van der Waals surface area contributed by atoms with Crippen LogP contribution in [0.25, 0.3) is 0 Å². The number of rotatable bonds is 4. The first kappa shape index (κ1) is 15.5. The Balaban J connectivity index is 2.24. The van der Waals surface area contributed by atoms with Crippen molar-refractivity contribution in [2.24, 2.45) is 0 Å². The second kappa shape index (κ2) is 5.83. The number of nitrogens with zero attached hydrogens (tertiary/aromatic N) is 1. The van der Waals surface area contributed by atoms with Crippen LogP contribution in [0, 0.1) is 6.92 Å². The summed E-state index contributed by atoms with van der Waals surface area (Å²) in [6.07, 6.45) is 0. The first-order valence-electron chi connectivity index (χ1n) is 5.27. The molecule has 0 spiro atoms. The molecule has 0 N–H and O–H groups in total. The summed E-state index contributed by atoms with van der Waals surface area (Å²) in [5.41, 5.74) is 0.927. The molecular formula is C11H11BrClNO2S3. The SMILES string of the molecule is Cc1cc(S(=O)(=O)N(C)Cc2ccc(Cl)s2)sc1Br. The van der Waals surface area contributed by atoms with Crippen molar-refractivity contribution in [3.63, 3.8) is 0 Å². The highest BCUT2D eigenvalue weighted by Gasteiger charge is 2.24. The monoisotopic (exact) mass is 399 g/mol. The molecule has 0 amide bonds. The van der Waals surface area contributed by atoms with Crippen molar-refractivity contribution in [2.45, 2.75) is 17.7 Å². The molecule has 0 aromatic carbocycles. The molecule has 19 heavy (non-hydrogen) atoms. The molecule has 2 aromatic rings. The van der Waals surface area contributed by atoms with Gasteiger partial charge in [-0.25, -0.2) is 8.42 Å². The molecule has 104 valence electrons. The van der Waals surface area contributed by atoms with Gasteiger partial charge in [0.25, 0.3) is 10.0 Å². The van der Waals surface area contributed by atoms with Crippen molar-refractivity contribution >= 4 is 60.2 Å². The molecule has 2 aromatic heterocycles. The van der Waals surface area contributed by atoms with E-state index in [1.807, 2.05) is 13.0 Å². The van der Waals surface area contributed by atoms with Gasteiger partial charge in [-0.15, -0.1) is 22.7 Å². The smallest absolute Gasteiger partial charge is 0.206 e. The van der Waals surface area contributed by atoms with Crippen LogP contribution in [-0.2, 0) is 16.6 Å². The van der Waals surface area contributed by atoms with E-state index >= 15 is 0 Å². The van der Waals surface area contributed by atoms with Gasteiger partial charge in [-0.1, -0.05) is 11.6 Å². The maximum absolute atomic E-state index is 12.4. The third-order valence-corrected chi connectivity index (χ3v) is 8.11. The lowest BCUT2D eigenvalue weighted by molar-refractivity contribution is 0.471. The summed E-state index contributed by atoms with van der Waals surface area (Å²) in [5.74, 6) is 0. The molecule has 0 aliphatic carbocycles. The Morgan fingerprint density at radius 1 is 1.37 bits per heavy atom. The topological polar surface area (TPSA) is 37.4 Å². The number of hydrogen-bond donors (Lipinski definition) is 0. The van der Waals surface area contributed by atoms with Gasteiger partial charge in [-0.2, -0.15) is 4.31 Å². The fourth-order valence-electron chi connectivity index (χ4n) is 1.45. The minimum atomic E-state index is -3.44. The fourth-order valence-corrected chi connectivity index (χ4v) is 6.26. The highest BCUT2D eigenvalue weighted by atomic mass is 79.9. The van der Waals surface area contributed by atoms with Gasteiger partial charge in [-0.3, -0.25) is 0 Å². The molecule has 3 nitrogen and oxygen atoms in total. The van der Waals surface area contributed by atoms with E-state index in [0.29, 0.717) is 15.1 Å². The Kier molecular flexibility index (Phi) is 4.75. The quantitative estimate of drug-likeness (QED) is 0.765. The molecule has 0 unspecified atom stereocenters. The summed E-state index contributed by atoms with van der Waals surface area (Å²) in [7, 11) is -1.87. The Bertz CT molecular complexity index is 673. The van der Waals surface area contributed by atoms with Crippen LogP contribution in [0.4, 0.5) is 0 Å². The van der Waals surface area contributed by atoms with E-state index in [-0.39, 0.29) is 0 Å². The van der Waals surface area contributed by atoms with E-state index in [1.165, 1.54) is 27.0 Å². The summed E-state index contributed by atoms with van der Waals surface area (Å²) >= 11 is 11.8. The highest BCUT2D eigenvalue weighted by Crippen LogP contribution is 2.33. The molecule has 8 heteroatoms. The lowest BCUT2D eigenvalue weighted by atomic mass is 10.4. The zero-order chi connectivity index (χ0) is 14.2. The van der Waals surface area contributed by atoms with Crippen LogP contribution >= 0.6 is 50.2 Å². The second-order valence-electron chi connectivity index (χ2n) is 3.99. The van der Waals surface area contributed by atoms with Gasteiger partial charge >= 0.3 is 0 Å². The standard InChI is InChI=1S/C11H11BrClNO2S3/c1-7-5-10(18-11(7)12)19(15,16)14(2)6-8-3-4-9(13)17-8/h3-5H,6H2,1-2H3. The van der Waals surface area contributed by atoms with Gasteiger partial charge in [0.05, 0.1) is 8.12 Å². The van der Waals surface area contributed by atoms with Crippen LogP contribution in [0.15, 0.2) is 26.2 Å². The van der Waals surface area contributed by atoms with Gasteiger partial charge in [0, 0.05) is 18.5 Å². The predicted molar refractivity (Wildman–Crippen MR) is 84.7 cm³/mol. The molecule has 0 atom stereocenters. The van der Waals surface area contributed by atoms with Gasteiger partial charge in [0.2, 0.25) is 0 Å². The molecule has 0 fully saturated rings. The Labute approximate surface area is 134 Å². The van der Waals surface area contributed by atoms with E-state index < -0.39 is 10.0 Å². The zero-order valence-electron chi connectivity index (χ0n) is 10.2. The van der Waals surface area contributed by atoms with Crippen LogP contribution in [0.2, 0.25) is 4.34 Å². The minimum Gasteiger partial charge on any atom is -0.206 e. The summed E-state index contributed by atoms with van der Waals surface area (Å²) < 4.78 is 28.0. The highest BCUT2D eigenvalue weighted by molar-refractivity contribution is 9.11. The predicted octanol–water partition coefficient (Wildman–Crippen LogP) is 4.35. The summed E-state index contributed by atoms with van der Waals surface area (Å²) in [6.45, 7) is 2.20. The summed E-state index contributed by atoms with van der Waals surface area (Å²) in [5, 5.41) is 0. The minimum absolute atomic E-state index is 0.328. The van der Waals surface area contributed by atoms with Gasteiger partial charge < -0.3 is 0 Å². The second-order valence-corrected chi connectivity index (χ2v) is 10.4. The first-order chi connectivity index (χ1) is 8.80. The van der Waals surface area contributed by atoms with Crippen molar-refractivity contribution in [1.82, 2.24) is 4.31 Å². The number of sulfonamides is 1. The normalized spacial score (nSPS) is 12.3.